The number of hydrogen-bond donors (Lipinski definition) is 0. The second kappa shape index (κ2) is 5.10. The van der Waals surface area contributed by atoms with Crippen molar-refractivity contribution in [2.45, 2.75) is 0 Å². The summed E-state index contributed by atoms with van der Waals surface area (Å²) in [4.78, 5) is 22.9. The first kappa shape index (κ1) is 12.5. The number of hydrogen-bond acceptors (Lipinski definition) is 2. The molecule has 2 rings (SSSR count). The molecule has 4 heteroatoms. The Morgan fingerprint density at radius 2 is 1.50 bits per heavy atom. The smallest absolute Gasteiger partial charge is 0.252 e. The van der Waals surface area contributed by atoms with E-state index in [0.29, 0.717) is 11.1 Å². The molecule has 18 heavy (non-hydrogen) atoms. The van der Waals surface area contributed by atoms with Crippen LogP contribution in [-0.4, -0.2) is 11.0 Å². The minimum atomic E-state index is -0.584. The zero-order valence-corrected chi connectivity index (χ0v) is 9.95. The molecule has 0 unspecified atom stereocenters. The summed E-state index contributed by atoms with van der Waals surface area (Å²) in [5.74, 6) is -0.767. The molecule has 0 N–H and O–H groups in total. The predicted octanol–water partition coefficient (Wildman–Crippen LogP) is 3.44. The molecule has 0 aliphatic heterocycles. The van der Waals surface area contributed by atoms with Gasteiger partial charge in [-0.2, -0.15) is 0 Å². The normalized spacial score (nSPS) is 10.1. The Morgan fingerprint density at radius 1 is 0.889 bits per heavy atom. The van der Waals surface area contributed by atoms with Gasteiger partial charge in [-0.05, 0) is 35.9 Å². The Labute approximate surface area is 108 Å². The van der Waals surface area contributed by atoms with Crippen molar-refractivity contribution in [1.82, 2.24) is 0 Å². The molecule has 0 saturated carbocycles. The number of carbonyl (C=O) groups is 2. The minimum absolute atomic E-state index is 0.264. The molecule has 0 bridgehead atoms. The van der Waals surface area contributed by atoms with Crippen LogP contribution in [0, 0.1) is 5.82 Å². The fourth-order valence-electron chi connectivity index (χ4n) is 1.55. The Morgan fingerprint density at radius 3 is 2.06 bits per heavy atom. The van der Waals surface area contributed by atoms with Crippen LogP contribution in [0.4, 0.5) is 4.39 Å². The highest BCUT2D eigenvalue weighted by molar-refractivity contribution is 6.67. The van der Waals surface area contributed by atoms with E-state index < -0.39 is 11.1 Å². The van der Waals surface area contributed by atoms with Crippen LogP contribution < -0.4 is 0 Å². The number of carbonyl (C=O) groups excluding carboxylic acids is 2. The molecule has 0 saturated heterocycles. The third-order valence-corrected chi connectivity index (χ3v) is 2.68. The highest BCUT2D eigenvalue weighted by atomic mass is 35.5. The van der Waals surface area contributed by atoms with E-state index in [1.807, 2.05) is 0 Å². The molecular weight excluding hydrogens is 255 g/mol. The van der Waals surface area contributed by atoms with Gasteiger partial charge in [0.05, 0.1) is 0 Å². The van der Waals surface area contributed by atoms with Crippen molar-refractivity contribution in [2.75, 3.05) is 0 Å². The van der Waals surface area contributed by atoms with Gasteiger partial charge in [0.25, 0.3) is 5.24 Å². The summed E-state index contributed by atoms with van der Waals surface area (Å²) in [7, 11) is 0. The van der Waals surface area contributed by atoms with Crippen LogP contribution in [0.25, 0.3) is 0 Å². The van der Waals surface area contributed by atoms with E-state index in [9.17, 15) is 14.0 Å². The van der Waals surface area contributed by atoms with E-state index in [1.165, 1.54) is 48.5 Å². The zero-order valence-electron chi connectivity index (χ0n) is 9.19. The monoisotopic (exact) mass is 262 g/mol. The van der Waals surface area contributed by atoms with Gasteiger partial charge in [0, 0.05) is 16.7 Å². The molecule has 2 aromatic carbocycles. The van der Waals surface area contributed by atoms with Crippen LogP contribution in [0.1, 0.15) is 26.3 Å². The zero-order chi connectivity index (χ0) is 13.1. The SMILES string of the molecule is O=C(Cl)c1ccc(C(=O)c2cccc(F)c2)cc1. The van der Waals surface area contributed by atoms with Crippen LogP contribution in [0.2, 0.25) is 0 Å². The lowest BCUT2D eigenvalue weighted by atomic mass is 10.0. The van der Waals surface area contributed by atoms with Crippen molar-refractivity contribution in [3.8, 4) is 0 Å². The molecule has 0 heterocycles. The topological polar surface area (TPSA) is 34.1 Å². The quantitative estimate of drug-likeness (QED) is 0.627. The molecule has 0 atom stereocenters. The summed E-state index contributed by atoms with van der Waals surface area (Å²) in [6, 6.07) is 11.3. The number of halogens is 2. The fourth-order valence-corrected chi connectivity index (χ4v) is 1.68. The fraction of sp³-hybridized carbons (Fsp3) is 0. The molecule has 0 aliphatic rings. The molecule has 0 aliphatic carbocycles. The molecule has 2 aromatic rings. The third-order valence-electron chi connectivity index (χ3n) is 2.46. The molecule has 0 amide bonds. The Hall–Kier alpha value is -2.00. The van der Waals surface area contributed by atoms with Gasteiger partial charge in [-0.15, -0.1) is 0 Å². The van der Waals surface area contributed by atoms with Gasteiger partial charge in [-0.1, -0.05) is 24.3 Å². The first-order valence-corrected chi connectivity index (χ1v) is 5.56. The second-order valence-corrected chi connectivity index (χ2v) is 4.03. The molecular formula is C14H8ClFO2. The maximum Gasteiger partial charge on any atom is 0.252 e. The summed E-state index contributed by atoms with van der Waals surface area (Å²) in [5, 5.41) is -0.584. The van der Waals surface area contributed by atoms with Crippen molar-refractivity contribution in [1.29, 1.82) is 0 Å². The highest BCUT2D eigenvalue weighted by Crippen LogP contribution is 2.13. The summed E-state index contributed by atoms with van der Waals surface area (Å²) in [6.07, 6.45) is 0. The van der Waals surface area contributed by atoms with Gasteiger partial charge in [-0.3, -0.25) is 9.59 Å². The lowest BCUT2D eigenvalue weighted by Crippen LogP contribution is -2.02. The maximum absolute atomic E-state index is 13.0. The molecule has 2 nitrogen and oxygen atoms in total. The van der Waals surface area contributed by atoms with E-state index in [2.05, 4.69) is 0 Å². The van der Waals surface area contributed by atoms with Gasteiger partial charge >= 0.3 is 0 Å². The first-order chi connectivity index (χ1) is 8.58. The lowest BCUT2D eigenvalue weighted by molar-refractivity contribution is 0.103. The molecule has 0 aromatic heterocycles. The van der Waals surface area contributed by atoms with Gasteiger partial charge in [-0.25, -0.2) is 4.39 Å². The van der Waals surface area contributed by atoms with Crippen LogP contribution in [0.15, 0.2) is 48.5 Å². The Bertz CT molecular complexity index is 605. The summed E-state index contributed by atoms with van der Waals surface area (Å²) in [6.45, 7) is 0. The summed E-state index contributed by atoms with van der Waals surface area (Å²) < 4.78 is 13.0. The molecule has 0 fully saturated rings. The summed E-state index contributed by atoms with van der Waals surface area (Å²) >= 11 is 5.30. The molecule has 0 spiro atoms. The van der Waals surface area contributed by atoms with Crippen LogP contribution in [-0.2, 0) is 0 Å². The van der Waals surface area contributed by atoms with Crippen molar-refractivity contribution in [3.05, 3.63) is 71.0 Å². The third kappa shape index (κ3) is 2.63. The highest BCUT2D eigenvalue weighted by Gasteiger charge is 2.10. The Balaban J connectivity index is 2.32. The average molecular weight is 263 g/mol. The van der Waals surface area contributed by atoms with Gasteiger partial charge in [0.1, 0.15) is 5.82 Å². The minimum Gasteiger partial charge on any atom is -0.289 e. The standard InChI is InChI=1S/C14H8ClFO2/c15-14(18)10-6-4-9(5-7-10)13(17)11-2-1-3-12(16)8-11/h1-8H. The van der Waals surface area contributed by atoms with Crippen LogP contribution >= 0.6 is 11.6 Å². The van der Waals surface area contributed by atoms with Crippen LogP contribution in [0.3, 0.4) is 0 Å². The van der Waals surface area contributed by atoms with E-state index >= 15 is 0 Å². The van der Waals surface area contributed by atoms with Gasteiger partial charge in [0.15, 0.2) is 5.78 Å². The molecule has 0 radical (unpaired) electrons. The van der Waals surface area contributed by atoms with Crippen molar-refractivity contribution in [2.24, 2.45) is 0 Å². The van der Waals surface area contributed by atoms with Crippen LogP contribution in [0.5, 0.6) is 0 Å². The average Bonchev–Trinajstić information content (AvgIpc) is 2.38. The summed E-state index contributed by atoms with van der Waals surface area (Å²) in [5.41, 5.74) is 0.953. The predicted molar refractivity (Wildman–Crippen MR) is 66.5 cm³/mol. The first-order valence-electron chi connectivity index (χ1n) is 5.18. The lowest BCUT2D eigenvalue weighted by Gasteiger charge is -2.02. The van der Waals surface area contributed by atoms with E-state index in [1.54, 1.807) is 0 Å². The maximum atomic E-state index is 13.0. The largest absolute Gasteiger partial charge is 0.289 e. The second-order valence-electron chi connectivity index (χ2n) is 3.69. The van der Waals surface area contributed by atoms with Crippen molar-refractivity contribution >= 4 is 22.6 Å². The van der Waals surface area contributed by atoms with Crippen molar-refractivity contribution < 1.29 is 14.0 Å². The number of ketones is 1. The van der Waals surface area contributed by atoms with E-state index in [-0.39, 0.29) is 11.3 Å². The number of rotatable bonds is 3. The molecule has 90 valence electrons. The van der Waals surface area contributed by atoms with Gasteiger partial charge in [0.2, 0.25) is 0 Å². The van der Waals surface area contributed by atoms with Crippen molar-refractivity contribution in [3.63, 3.8) is 0 Å². The van der Waals surface area contributed by atoms with E-state index in [4.69, 9.17) is 11.6 Å². The van der Waals surface area contributed by atoms with E-state index in [0.717, 1.165) is 0 Å². The van der Waals surface area contributed by atoms with Gasteiger partial charge < -0.3 is 0 Å². The number of benzene rings is 2. The Kier molecular flexibility index (Phi) is 3.53.